The minimum atomic E-state index is -1.01. The van der Waals surface area contributed by atoms with Crippen LogP contribution in [0.1, 0.15) is 16.1 Å². The molecule has 0 aliphatic heterocycles. The van der Waals surface area contributed by atoms with E-state index in [0.717, 1.165) is 0 Å². The molecule has 0 fully saturated rings. The zero-order valence-electron chi connectivity index (χ0n) is 10.2. The Labute approximate surface area is 119 Å². The van der Waals surface area contributed by atoms with Crippen molar-refractivity contribution in [1.29, 1.82) is 0 Å². The van der Waals surface area contributed by atoms with Crippen LogP contribution in [0.2, 0.25) is 0 Å². The SMILES string of the molecule is NC(=S)NN=Cc1ccc(-c2ccccc2C(=O)O)o1. The normalized spacial score (nSPS) is 10.6. The summed E-state index contributed by atoms with van der Waals surface area (Å²) in [4.78, 5) is 11.1. The van der Waals surface area contributed by atoms with Gasteiger partial charge in [-0.05, 0) is 30.4 Å². The van der Waals surface area contributed by atoms with Gasteiger partial charge in [-0.15, -0.1) is 0 Å². The number of nitrogens with one attached hydrogen (secondary N) is 1. The third-order valence-corrected chi connectivity index (χ3v) is 2.51. The van der Waals surface area contributed by atoms with Gasteiger partial charge in [0.1, 0.15) is 11.5 Å². The number of hydrogen-bond acceptors (Lipinski definition) is 4. The van der Waals surface area contributed by atoms with Crippen LogP contribution in [0.5, 0.6) is 0 Å². The van der Waals surface area contributed by atoms with Crippen LogP contribution in [0, 0.1) is 0 Å². The second kappa shape index (κ2) is 5.98. The molecule has 0 spiro atoms. The molecule has 0 radical (unpaired) electrons. The molecule has 0 saturated carbocycles. The number of rotatable bonds is 4. The van der Waals surface area contributed by atoms with Gasteiger partial charge in [-0.3, -0.25) is 5.43 Å². The lowest BCUT2D eigenvalue weighted by Crippen LogP contribution is -2.23. The summed E-state index contributed by atoms with van der Waals surface area (Å²) in [7, 11) is 0. The molecule has 2 aromatic rings. The van der Waals surface area contributed by atoms with Crippen molar-refractivity contribution in [3.05, 3.63) is 47.7 Å². The number of furan rings is 1. The first-order valence-electron chi connectivity index (χ1n) is 5.59. The number of carbonyl (C=O) groups is 1. The smallest absolute Gasteiger partial charge is 0.336 e. The molecule has 0 atom stereocenters. The quantitative estimate of drug-likeness (QED) is 0.451. The first-order valence-corrected chi connectivity index (χ1v) is 6.00. The van der Waals surface area contributed by atoms with Gasteiger partial charge in [0.2, 0.25) is 0 Å². The molecule has 0 aliphatic rings. The monoisotopic (exact) mass is 289 g/mol. The number of thiocarbonyl (C=S) groups is 1. The van der Waals surface area contributed by atoms with Crippen molar-refractivity contribution in [2.24, 2.45) is 10.8 Å². The maximum atomic E-state index is 11.1. The number of nitrogens with two attached hydrogens (primary N) is 1. The van der Waals surface area contributed by atoms with Crippen LogP contribution in [-0.2, 0) is 0 Å². The maximum absolute atomic E-state index is 11.1. The largest absolute Gasteiger partial charge is 0.478 e. The number of benzene rings is 1. The molecule has 102 valence electrons. The topological polar surface area (TPSA) is 101 Å². The van der Waals surface area contributed by atoms with Gasteiger partial charge in [-0.2, -0.15) is 5.10 Å². The number of hydrogen-bond donors (Lipinski definition) is 3. The molecule has 1 aromatic carbocycles. The fraction of sp³-hybridized carbons (Fsp3) is 0. The summed E-state index contributed by atoms with van der Waals surface area (Å²) in [6.07, 6.45) is 1.39. The van der Waals surface area contributed by atoms with Gasteiger partial charge in [0.15, 0.2) is 5.11 Å². The highest BCUT2D eigenvalue weighted by atomic mass is 32.1. The minimum Gasteiger partial charge on any atom is -0.478 e. The average molecular weight is 289 g/mol. The van der Waals surface area contributed by atoms with Crippen LogP contribution in [0.3, 0.4) is 0 Å². The standard InChI is InChI=1S/C13H11N3O3S/c14-13(20)16-15-7-8-5-6-11(19-8)9-3-1-2-4-10(9)12(17)18/h1-7H,(H,17,18)(H3,14,16,20). The Morgan fingerprint density at radius 2 is 2.10 bits per heavy atom. The number of hydrazone groups is 1. The van der Waals surface area contributed by atoms with Gasteiger partial charge in [0.25, 0.3) is 0 Å². The third-order valence-electron chi connectivity index (χ3n) is 2.42. The summed E-state index contributed by atoms with van der Waals surface area (Å²) in [6, 6.07) is 9.93. The highest BCUT2D eigenvalue weighted by Crippen LogP contribution is 2.25. The van der Waals surface area contributed by atoms with E-state index in [4.69, 9.17) is 15.3 Å². The summed E-state index contributed by atoms with van der Waals surface area (Å²) < 4.78 is 5.51. The highest BCUT2D eigenvalue weighted by molar-refractivity contribution is 7.80. The third kappa shape index (κ3) is 3.21. The molecule has 1 heterocycles. The van der Waals surface area contributed by atoms with Crippen LogP contribution >= 0.6 is 12.2 Å². The van der Waals surface area contributed by atoms with Crippen molar-refractivity contribution in [2.75, 3.05) is 0 Å². The second-order valence-electron chi connectivity index (χ2n) is 3.79. The average Bonchev–Trinajstić information content (AvgIpc) is 2.87. The number of carboxylic acid groups (broad SMARTS) is 1. The fourth-order valence-corrected chi connectivity index (χ4v) is 1.66. The molecule has 0 saturated heterocycles. The number of nitrogens with zero attached hydrogens (tertiary/aromatic N) is 1. The Hall–Kier alpha value is -2.67. The molecule has 2 rings (SSSR count). The van der Waals surface area contributed by atoms with Crippen LogP contribution in [-0.4, -0.2) is 22.4 Å². The zero-order valence-corrected chi connectivity index (χ0v) is 11.1. The lowest BCUT2D eigenvalue weighted by Gasteiger charge is -2.01. The van der Waals surface area contributed by atoms with Gasteiger partial charge in [-0.1, -0.05) is 18.2 Å². The molecule has 0 amide bonds. The van der Waals surface area contributed by atoms with E-state index in [1.54, 1.807) is 30.3 Å². The molecular formula is C13H11N3O3S. The van der Waals surface area contributed by atoms with E-state index in [1.165, 1.54) is 12.3 Å². The summed E-state index contributed by atoms with van der Waals surface area (Å²) in [5.74, 6) is -0.119. The molecule has 0 bridgehead atoms. The Balaban J connectivity index is 2.27. The predicted molar refractivity (Wildman–Crippen MR) is 78.6 cm³/mol. The molecular weight excluding hydrogens is 278 g/mol. The maximum Gasteiger partial charge on any atom is 0.336 e. The van der Waals surface area contributed by atoms with Gasteiger partial charge in [-0.25, -0.2) is 4.79 Å². The highest BCUT2D eigenvalue weighted by Gasteiger charge is 2.13. The van der Waals surface area contributed by atoms with E-state index < -0.39 is 5.97 Å². The Morgan fingerprint density at radius 1 is 1.35 bits per heavy atom. The lowest BCUT2D eigenvalue weighted by atomic mass is 10.1. The Bertz CT molecular complexity index is 679. The number of carboxylic acids is 1. The zero-order chi connectivity index (χ0) is 14.5. The second-order valence-corrected chi connectivity index (χ2v) is 4.23. The minimum absolute atomic E-state index is 0.0456. The number of aromatic carboxylic acids is 1. The van der Waals surface area contributed by atoms with Crippen LogP contribution in [0.15, 0.2) is 45.9 Å². The Morgan fingerprint density at radius 3 is 2.80 bits per heavy atom. The molecule has 0 aliphatic carbocycles. The van der Waals surface area contributed by atoms with E-state index >= 15 is 0 Å². The summed E-state index contributed by atoms with van der Waals surface area (Å²) in [5, 5.41) is 12.9. The summed E-state index contributed by atoms with van der Waals surface area (Å²) >= 11 is 4.60. The van der Waals surface area contributed by atoms with Crippen molar-refractivity contribution in [2.45, 2.75) is 0 Å². The van der Waals surface area contributed by atoms with Gasteiger partial charge in [0, 0.05) is 5.56 Å². The van der Waals surface area contributed by atoms with Gasteiger partial charge in [0.05, 0.1) is 11.8 Å². The molecule has 0 unspecified atom stereocenters. The van der Waals surface area contributed by atoms with Crippen LogP contribution in [0.25, 0.3) is 11.3 Å². The summed E-state index contributed by atoms with van der Waals surface area (Å²) in [5.41, 5.74) is 8.29. The van der Waals surface area contributed by atoms with Crippen molar-refractivity contribution in [3.8, 4) is 11.3 Å². The van der Waals surface area contributed by atoms with Crippen molar-refractivity contribution in [1.82, 2.24) is 5.43 Å². The first-order chi connectivity index (χ1) is 9.58. The van der Waals surface area contributed by atoms with Crippen molar-refractivity contribution in [3.63, 3.8) is 0 Å². The van der Waals surface area contributed by atoms with Crippen molar-refractivity contribution >= 4 is 29.5 Å². The fourth-order valence-electron chi connectivity index (χ4n) is 1.61. The Kier molecular flexibility index (Phi) is 4.11. The van der Waals surface area contributed by atoms with Crippen LogP contribution in [0.4, 0.5) is 0 Å². The van der Waals surface area contributed by atoms with Crippen LogP contribution < -0.4 is 11.2 Å². The lowest BCUT2D eigenvalue weighted by molar-refractivity contribution is 0.0697. The molecule has 20 heavy (non-hydrogen) atoms. The molecule has 1 aromatic heterocycles. The predicted octanol–water partition coefficient (Wildman–Crippen LogP) is 1.81. The summed E-state index contributed by atoms with van der Waals surface area (Å²) in [6.45, 7) is 0. The van der Waals surface area contributed by atoms with Gasteiger partial charge < -0.3 is 15.3 Å². The van der Waals surface area contributed by atoms with E-state index in [2.05, 4.69) is 22.7 Å². The van der Waals surface area contributed by atoms with E-state index in [0.29, 0.717) is 17.1 Å². The van der Waals surface area contributed by atoms with E-state index in [-0.39, 0.29) is 10.7 Å². The molecule has 4 N–H and O–H groups in total. The van der Waals surface area contributed by atoms with Crippen molar-refractivity contribution < 1.29 is 14.3 Å². The molecule has 7 heteroatoms. The van der Waals surface area contributed by atoms with Gasteiger partial charge >= 0.3 is 5.97 Å². The first kappa shape index (κ1) is 13.8. The van der Waals surface area contributed by atoms with E-state index in [1.807, 2.05) is 0 Å². The molecule has 6 nitrogen and oxygen atoms in total. The van der Waals surface area contributed by atoms with E-state index in [9.17, 15) is 4.79 Å².